The van der Waals surface area contributed by atoms with Crippen LogP contribution >= 0.6 is 0 Å². The van der Waals surface area contributed by atoms with Crippen LogP contribution in [0.4, 0.5) is 0 Å². The van der Waals surface area contributed by atoms with Crippen LogP contribution in [0, 0.1) is 0 Å². The Bertz CT molecular complexity index is 252. The number of fused-ring (bicyclic) bond motifs is 1. The quantitative estimate of drug-likeness (QED) is 0.795. The lowest BCUT2D eigenvalue weighted by Gasteiger charge is -2.30. The maximum Gasteiger partial charge on any atom is 0.0223 e. The van der Waals surface area contributed by atoms with Crippen molar-refractivity contribution < 1.29 is 0 Å². The SMILES string of the molecule is CC(CNC1CC1)N1CCCN2CCCC2C1. The minimum absolute atomic E-state index is 0.719. The lowest BCUT2D eigenvalue weighted by atomic mass is 10.2. The van der Waals surface area contributed by atoms with Crippen molar-refractivity contribution in [1.82, 2.24) is 15.1 Å². The van der Waals surface area contributed by atoms with Crippen LogP contribution in [0.3, 0.4) is 0 Å². The van der Waals surface area contributed by atoms with Crippen LogP contribution in [0.2, 0.25) is 0 Å². The summed E-state index contributed by atoms with van der Waals surface area (Å²) in [5, 5.41) is 3.68. The van der Waals surface area contributed by atoms with E-state index in [1.54, 1.807) is 0 Å². The molecule has 1 saturated carbocycles. The number of hydrogen-bond acceptors (Lipinski definition) is 3. The van der Waals surface area contributed by atoms with E-state index in [1.165, 1.54) is 64.8 Å². The molecule has 0 spiro atoms. The van der Waals surface area contributed by atoms with Crippen molar-refractivity contribution >= 4 is 0 Å². The van der Waals surface area contributed by atoms with Crippen molar-refractivity contribution in [2.24, 2.45) is 0 Å². The third-order valence-electron chi connectivity index (χ3n) is 4.74. The summed E-state index contributed by atoms with van der Waals surface area (Å²) in [6.45, 7) is 8.91. The van der Waals surface area contributed by atoms with E-state index in [-0.39, 0.29) is 0 Å². The molecule has 0 aromatic carbocycles. The maximum atomic E-state index is 3.68. The van der Waals surface area contributed by atoms with Crippen molar-refractivity contribution in [3.63, 3.8) is 0 Å². The van der Waals surface area contributed by atoms with Gasteiger partial charge in [-0.2, -0.15) is 0 Å². The number of hydrogen-bond donors (Lipinski definition) is 1. The predicted octanol–water partition coefficient (Wildman–Crippen LogP) is 1.30. The first-order valence-electron chi connectivity index (χ1n) is 7.54. The minimum Gasteiger partial charge on any atom is -0.312 e. The van der Waals surface area contributed by atoms with Crippen molar-refractivity contribution in [3.8, 4) is 0 Å². The summed E-state index contributed by atoms with van der Waals surface area (Å²) >= 11 is 0. The summed E-state index contributed by atoms with van der Waals surface area (Å²) in [7, 11) is 0. The number of rotatable bonds is 4. The highest BCUT2D eigenvalue weighted by atomic mass is 15.3. The zero-order chi connectivity index (χ0) is 11.7. The maximum absolute atomic E-state index is 3.68. The molecule has 3 heteroatoms. The van der Waals surface area contributed by atoms with Crippen LogP contribution in [0.15, 0.2) is 0 Å². The summed E-state index contributed by atoms with van der Waals surface area (Å²) < 4.78 is 0. The molecule has 3 rings (SSSR count). The second-order valence-electron chi connectivity index (χ2n) is 6.21. The van der Waals surface area contributed by atoms with Gasteiger partial charge in [-0.1, -0.05) is 0 Å². The Labute approximate surface area is 106 Å². The lowest BCUT2D eigenvalue weighted by Crippen LogP contribution is -2.45. The molecular weight excluding hydrogens is 210 g/mol. The second kappa shape index (κ2) is 5.25. The van der Waals surface area contributed by atoms with Gasteiger partial charge in [0.2, 0.25) is 0 Å². The third kappa shape index (κ3) is 3.01. The van der Waals surface area contributed by atoms with Crippen LogP contribution in [-0.2, 0) is 0 Å². The molecule has 3 fully saturated rings. The summed E-state index contributed by atoms with van der Waals surface area (Å²) in [6, 6.07) is 2.43. The molecule has 0 aromatic rings. The van der Waals surface area contributed by atoms with E-state index in [9.17, 15) is 0 Å². The molecule has 2 heterocycles. The van der Waals surface area contributed by atoms with Gasteiger partial charge in [0.1, 0.15) is 0 Å². The highest BCUT2D eigenvalue weighted by Gasteiger charge is 2.30. The first-order valence-corrected chi connectivity index (χ1v) is 7.54. The topological polar surface area (TPSA) is 18.5 Å². The van der Waals surface area contributed by atoms with Crippen molar-refractivity contribution in [1.29, 1.82) is 0 Å². The molecule has 3 aliphatic rings. The fourth-order valence-corrected chi connectivity index (χ4v) is 3.39. The Morgan fingerprint density at radius 1 is 1.12 bits per heavy atom. The van der Waals surface area contributed by atoms with E-state index in [1.807, 2.05) is 0 Å². The third-order valence-corrected chi connectivity index (χ3v) is 4.74. The Morgan fingerprint density at radius 3 is 2.76 bits per heavy atom. The highest BCUT2D eigenvalue weighted by molar-refractivity contribution is 4.88. The van der Waals surface area contributed by atoms with Gasteiger partial charge in [-0.3, -0.25) is 9.80 Å². The number of nitrogens with zero attached hydrogens (tertiary/aromatic N) is 2. The van der Waals surface area contributed by atoms with E-state index in [0.29, 0.717) is 0 Å². The molecule has 3 nitrogen and oxygen atoms in total. The molecule has 0 aromatic heterocycles. The van der Waals surface area contributed by atoms with E-state index < -0.39 is 0 Å². The molecule has 1 N–H and O–H groups in total. The Hall–Kier alpha value is -0.120. The Balaban J connectivity index is 1.50. The predicted molar refractivity (Wildman–Crippen MR) is 71.3 cm³/mol. The van der Waals surface area contributed by atoms with Crippen molar-refractivity contribution in [3.05, 3.63) is 0 Å². The van der Waals surface area contributed by atoms with Crippen LogP contribution in [0.5, 0.6) is 0 Å². The Kier molecular flexibility index (Phi) is 3.69. The zero-order valence-electron chi connectivity index (χ0n) is 11.2. The normalized spacial score (nSPS) is 33.4. The molecule has 2 saturated heterocycles. The van der Waals surface area contributed by atoms with Gasteiger partial charge in [0, 0.05) is 31.2 Å². The molecule has 2 atom stereocenters. The first kappa shape index (κ1) is 11.9. The second-order valence-corrected chi connectivity index (χ2v) is 6.21. The molecule has 17 heavy (non-hydrogen) atoms. The van der Waals surface area contributed by atoms with Crippen LogP contribution in [0.25, 0.3) is 0 Å². The van der Waals surface area contributed by atoms with Gasteiger partial charge >= 0.3 is 0 Å². The standard InChI is InChI=1S/C14H27N3/c1-12(10-15-13-5-6-13)17-9-3-8-16-7-2-4-14(16)11-17/h12-15H,2-11H2,1H3. The van der Waals surface area contributed by atoms with Gasteiger partial charge in [0.25, 0.3) is 0 Å². The fourth-order valence-electron chi connectivity index (χ4n) is 3.39. The zero-order valence-corrected chi connectivity index (χ0v) is 11.2. The fraction of sp³-hybridized carbons (Fsp3) is 1.00. The van der Waals surface area contributed by atoms with Gasteiger partial charge < -0.3 is 5.32 Å². The van der Waals surface area contributed by atoms with Crippen molar-refractivity contribution in [2.75, 3.05) is 32.7 Å². The average molecular weight is 237 g/mol. The minimum atomic E-state index is 0.719. The molecular formula is C14H27N3. The van der Waals surface area contributed by atoms with Gasteiger partial charge in [0.05, 0.1) is 0 Å². The number of nitrogens with one attached hydrogen (secondary N) is 1. The van der Waals surface area contributed by atoms with E-state index in [2.05, 4.69) is 22.0 Å². The highest BCUT2D eigenvalue weighted by Crippen LogP contribution is 2.23. The summed E-state index contributed by atoms with van der Waals surface area (Å²) in [5.41, 5.74) is 0. The van der Waals surface area contributed by atoms with Crippen LogP contribution < -0.4 is 5.32 Å². The summed E-state index contributed by atoms with van der Waals surface area (Å²) in [5.74, 6) is 0. The molecule has 98 valence electrons. The Morgan fingerprint density at radius 2 is 1.94 bits per heavy atom. The largest absolute Gasteiger partial charge is 0.312 e. The monoisotopic (exact) mass is 237 g/mol. The van der Waals surface area contributed by atoms with Gasteiger partial charge in [0.15, 0.2) is 0 Å². The molecule has 2 aliphatic heterocycles. The average Bonchev–Trinajstić information content (AvgIpc) is 3.10. The summed E-state index contributed by atoms with van der Waals surface area (Å²) in [4.78, 5) is 5.45. The van der Waals surface area contributed by atoms with E-state index in [0.717, 1.165) is 18.1 Å². The summed E-state index contributed by atoms with van der Waals surface area (Å²) in [6.07, 6.45) is 7.03. The van der Waals surface area contributed by atoms with Crippen LogP contribution in [-0.4, -0.2) is 60.6 Å². The molecule has 0 radical (unpaired) electrons. The van der Waals surface area contributed by atoms with Gasteiger partial charge in [-0.25, -0.2) is 0 Å². The first-order chi connectivity index (χ1) is 8.33. The smallest absolute Gasteiger partial charge is 0.0223 e. The van der Waals surface area contributed by atoms with Crippen molar-refractivity contribution in [2.45, 2.75) is 57.2 Å². The molecule has 2 unspecified atom stereocenters. The van der Waals surface area contributed by atoms with Crippen LogP contribution in [0.1, 0.15) is 39.0 Å². The van der Waals surface area contributed by atoms with Gasteiger partial charge in [-0.05, 0) is 58.7 Å². The van der Waals surface area contributed by atoms with E-state index >= 15 is 0 Å². The molecule has 1 aliphatic carbocycles. The van der Waals surface area contributed by atoms with E-state index in [4.69, 9.17) is 0 Å². The molecule has 0 bridgehead atoms. The lowest BCUT2D eigenvalue weighted by molar-refractivity contribution is 0.178. The van der Waals surface area contributed by atoms with Gasteiger partial charge in [-0.15, -0.1) is 0 Å². The molecule has 0 amide bonds.